The summed E-state index contributed by atoms with van der Waals surface area (Å²) in [5.74, 6) is -8.10. The van der Waals surface area contributed by atoms with Gasteiger partial charge in [0.2, 0.25) is 5.91 Å². The fourth-order valence-electron chi connectivity index (χ4n) is 11.9. The number of primary amides is 1. The Morgan fingerprint density at radius 3 is 2.24 bits per heavy atom. The van der Waals surface area contributed by atoms with E-state index in [-0.39, 0.29) is 116 Å². The van der Waals surface area contributed by atoms with Gasteiger partial charge >= 0.3 is 20.5 Å². The molecule has 4 aliphatic heterocycles. The predicted molar refractivity (Wildman–Crippen MR) is 365 cm³/mol. The molecule has 0 radical (unpaired) electrons. The molecule has 102 heavy (non-hydrogen) atoms. The number of nitrogens with zero attached hydrogens (tertiary/aromatic N) is 8. The van der Waals surface area contributed by atoms with Gasteiger partial charge in [-0.15, -0.1) is 56.7 Å². The second-order valence-corrected chi connectivity index (χ2v) is 29.2. The number of nitrogens with two attached hydrogens (primary N) is 1. The van der Waals surface area contributed by atoms with Crippen molar-refractivity contribution in [2.75, 3.05) is 34.9 Å². The quantitative estimate of drug-likeness (QED) is 0.0266. The van der Waals surface area contributed by atoms with E-state index in [1.807, 2.05) is 0 Å². The van der Waals surface area contributed by atoms with E-state index in [9.17, 15) is 39.5 Å². The maximum atomic E-state index is 15.2. The Morgan fingerprint density at radius 1 is 0.863 bits per heavy atom. The van der Waals surface area contributed by atoms with Crippen molar-refractivity contribution in [3.63, 3.8) is 0 Å². The number of pyridine rings is 1. The molecule has 12 bridgehead atoms. The molecule has 0 aliphatic carbocycles. The average molecular weight is 1520 g/mol. The number of nitrogens with one attached hydrogen (secondary N) is 5. The van der Waals surface area contributed by atoms with Crippen molar-refractivity contribution < 1.29 is 96.1 Å². The van der Waals surface area contributed by atoms with Crippen LogP contribution >= 0.6 is 65.3 Å². The number of cyclic esters (lactones) is 2. The van der Waals surface area contributed by atoms with Gasteiger partial charge in [0.25, 0.3) is 29.5 Å². The number of fused-ring (bicyclic) bond motifs is 15. The van der Waals surface area contributed by atoms with Gasteiger partial charge in [-0.3, -0.25) is 28.8 Å². The molecule has 1 aromatic carbocycles. The van der Waals surface area contributed by atoms with Gasteiger partial charge in [-0.25, -0.2) is 39.5 Å². The van der Waals surface area contributed by atoms with Gasteiger partial charge in [0.15, 0.2) is 23.8 Å². The Hall–Kier alpha value is -9.19. The molecule has 536 valence electrons. The van der Waals surface area contributed by atoms with E-state index >= 15 is 19.2 Å². The smallest absolute Gasteiger partial charge is 0.394 e. The SMILES string of the molecule is C=C(NC(=O)c1csc(-c2nc3c(cc2OP(O)OC)-c2nc(cs2)C(=O)NC(C(C)O)C(=O)N/C(=C(\C)OC)c2nc(cs2)C(=O)NC2c4nc(cs4)C(=O)NC(COC(=O)c4c5c6c(cccc6n4O)COC(=O)C(OC4CC(C)(O)C(N(C)C)C(C)O4)C2OC5)c2nc-3cs2)n1)C(N)=O. The number of allylic oxidation sites excluding steroid dienone is 1. The van der Waals surface area contributed by atoms with Crippen LogP contribution in [-0.4, -0.2) is 191 Å². The zero-order chi connectivity index (χ0) is 72.9. The second-order valence-electron chi connectivity index (χ2n) is 23.8. The molecule has 40 heteroatoms. The number of methoxy groups -OCH3 is 1. The normalized spacial score (nSPS) is 23.8. The van der Waals surface area contributed by atoms with Gasteiger partial charge < -0.3 is 95.0 Å². The molecule has 0 saturated carbocycles. The number of ether oxygens (including phenoxy) is 6. The van der Waals surface area contributed by atoms with Crippen molar-refractivity contribution in [3.05, 3.63) is 124 Å². The Bertz CT molecular complexity index is 4710. The summed E-state index contributed by atoms with van der Waals surface area (Å²) in [6.07, 6.45) is -7.63. The van der Waals surface area contributed by atoms with Crippen LogP contribution in [-0.2, 0) is 60.5 Å². The molecule has 12 rings (SSSR count). The highest BCUT2D eigenvalue weighted by molar-refractivity contribution is 7.41. The molecule has 1 fully saturated rings. The van der Waals surface area contributed by atoms with E-state index in [0.29, 0.717) is 4.73 Å². The highest BCUT2D eigenvalue weighted by atomic mass is 32.1. The molecule has 7 aromatic heterocycles. The number of esters is 2. The Balaban J connectivity index is 1.06. The van der Waals surface area contributed by atoms with E-state index in [1.54, 1.807) is 45.0 Å². The fourth-order valence-corrected chi connectivity index (χ4v) is 16.5. The largest absolute Gasteiger partial charge is 0.499 e. The summed E-state index contributed by atoms with van der Waals surface area (Å²) in [6.45, 7) is 7.64. The summed E-state index contributed by atoms with van der Waals surface area (Å²) >= 11 is 4.42. The number of aliphatic hydroxyl groups is 2. The van der Waals surface area contributed by atoms with Crippen molar-refractivity contribution in [3.8, 4) is 38.4 Å². The van der Waals surface area contributed by atoms with Crippen molar-refractivity contribution in [2.24, 2.45) is 5.73 Å². The lowest BCUT2D eigenvalue weighted by atomic mass is 9.85. The van der Waals surface area contributed by atoms with Crippen molar-refractivity contribution in [1.29, 1.82) is 0 Å². The Kier molecular flexibility index (Phi) is 21.1. The van der Waals surface area contributed by atoms with Crippen LogP contribution in [0.4, 0.5) is 0 Å². The van der Waals surface area contributed by atoms with Gasteiger partial charge in [0, 0.05) is 56.9 Å². The maximum absolute atomic E-state index is 15.2. The van der Waals surface area contributed by atoms with Crippen LogP contribution in [0.2, 0.25) is 0 Å². The number of carbonyl (C=O) groups excluding carboxylic acids is 8. The first-order chi connectivity index (χ1) is 48.6. The standard InChI is InChI=1S/C62H63N14O20PS5/c1-23(49(63)78)64-50(79)32-20-101-58(69-32)43-37(96-97(88)90-9)13-28-42(71-43)31-18-99-56(66-31)30-17-93-60(84)45-29-16-91-46(47(95-38-14-62(5,86)48(75(6)7)26(4)94-38)61(85)92-15-27-11-10-12-36(39(27)29)76(45)87)44(59-70-33(21-102-59)51(80)65-30)74-53(82)35-22-100-57(68-35)41(25(3)89-8)73-54(83)40(24(2)77)72-52(81)34-19-98-55(28)67-34/h10-13,18-22,24,26,30,38,40,44,46-48,77,86-88H,1,14-17H2,2-9H3,(H2,63,78)(H,64,79)(H,65,80)(H,72,81)(H,73,83)(H,74,82)/b41-25+. The van der Waals surface area contributed by atoms with Gasteiger partial charge in [-0.2, -0.15) is 4.73 Å². The number of aliphatic hydroxyl groups excluding tert-OH is 1. The number of likely N-dealkylation sites (N-methyl/N-ethyl adjacent to an activating group) is 1. The third kappa shape index (κ3) is 14.6. The second kappa shape index (κ2) is 29.6. The minimum Gasteiger partial charge on any atom is -0.499 e. The lowest BCUT2D eigenvalue weighted by Gasteiger charge is -2.48. The first-order valence-electron chi connectivity index (χ1n) is 30.6. The number of aromatic nitrogens is 7. The summed E-state index contributed by atoms with van der Waals surface area (Å²) in [7, 11) is 3.28. The Labute approximate surface area is 598 Å². The van der Waals surface area contributed by atoms with Crippen LogP contribution in [0, 0.1) is 0 Å². The minimum atomic E-state index is -2.71. The zero-order valence-corrected chi connectivity index (χ0v) is 59.9. The number of rotatable bonds is 12. The lowest BCUT2D eigenvalue weighted by molar-refractivity contribution is -0.280. The lowest BCUT2D eigenvalue weighted by Crippen LogP contribution is -2.62. The molecular formula is C62H63N14O20PS5. The van der Waals surface area contributed by atoms with Gasteiger partial charge in [-0.1, -0.05) is 18.7 Å². The molecule has 11 heterocycles. The van der Waals surface area contributed by atoms with Crippen molar-refractivity contribution in [2.45, 2.75) is 108 Å². The molecule has 6 amide bonds. The third-order valence-electron chi connectivity index (χ3n) is 16.6. The first-order valence-corrected chi connectivity index (χ1v) is 36.1. The number of carbonyl (C=O) groups is 8. The van der Waals surface area contributed by atoms with Crippen LogP contribution in [0.15, 0.2) is 69.2 Å². The summed E-state index contributed by atoms with van der Waals surface area (Å²) in [4.78, 5) is 156. The van der Waals surface area contributed by atoms with Gasteiger partial charge in [0.05, 0.1) is 48.8 Å². The van der Waals surface area contributed by atoms with E-state index in [4.69, 9.17) is 58.2 Å². The van der Waals surface area contributed by atoms with Crippen molar-refractivity contribution in [1.82, 2.24) is 66.1 Å². The summed E-state index contributed by atoms with van der Waals surface area (Å²) in [5.41, 5.74) is 1.93. The summed E-state index contributed by atoms with van der Waals surface area (Å²) in [5, 5.41) is 55.7. The molecule has 11 unspecified atom stereocenters. The third-order valence-corrected chi connectivity index (χ3v) is 21.8. The molecule has 0 spiro atoms. The molecule has 11 atom stereocenters. The van der Waals surface area contributed by atoms with Crippen LogP contribution in [0.5, 0.6) is 5.75 Å². The molecular weight excluding hydrogens is 1450 g/mol. The van der Waals surface area contributed by atoms with Crippen LogP contribution in [0.3, 0.4) is 0 Å². The van der Waals surface area contributed by atoms with E-state index in [2.05, 4.69) is 48.1 Å². The van der Waals surface area contributed by atoms with Gasteiger partial charge in [0.1, 0.15) is 114 Å². The maximum Gasteiger partial charge on any atom is 0.394 e. The highest BCUT2D eigenvalue weighted by Gasteiger charge is 2.50. The van der Waals surface area contributed by atoms with Crippen LogP contribution < -0.4 is 36.8 Å². The number of hydrogen-bond acceptors (Lipinski definition) is 32. The monoisotopic (exact) mass is 1510 g/mol. The van der Waals surface area contributed by atoms with E-state index in [1.165, 1.54) is 67.1 Å². The van der Waals surface area contributed by atoms with Crippen LogP contribution in [0.1, 0.15) is 125 Å². The number of thiazole rings is 5. The number of amides is 6. The molecule has 1 saturated heterocycles. The topological polar surface area (TPSA) is 463 Å². The van der Waals surface area contributed by atoms with Crippen LogP contribution in [0.25, 0.3) is 49.3 Å². The number of hydrogen-bond donors (Lipinski definition) is 10. The van der Waals surface area contributed by atoms with Crippen molar-refractivity contribution >= 4 is 129 Å². The predicted octanol–water partition coefficient (Wildman–Crippen LogP) is 4.43. The highest BCUT2D eigenvalue weighted by Crippen LogP contribution is 2.46. The van der Waals surface area contributed by atoms with E-state index < -0.39 is 148 Å². The fraction of sp³-hybridized carbons (Fsp3) is 0.355. The van der Waals surface area contributed by atoms with Gasteiger partial charge in [-0.05, 0) is 59.5 Å². The van der Waals surface area contributed by atoms with E-state index in [0.717, 1.165) is 56.7 Å². The molecule has 11 N–H and O–H groups in total. The summed E-state index contributed by atoms with van der Waals surface area (Å²) in [6, 6.07) is 0.659. The number of benzene rings is 1. The molecule has 8 aromatic rings. The Morgan fingerprint density at radius 2 is 1.53 bits per heavy atom. The molecule has 34 nitrogen and oxygen atoms in total. The molecule has 4 aliphatic rings. The first kappa shape index (κ1) is 72.6. The summed E-state index contributed by atoms with van der Waals surface area (Å²) < 4.78 is 49.3. The average Bonchev–Trinajstić information content (AvgIpc) is 1.58. The minimum absolute atomic E-state index is 0.000705. The zero-order valence-electron chi connectivity index (χ0n) is 54.9.